The molecule has 1 aliphatic rings. The highest BCUT2D eigenvalue weighted by molar-refractivity contribution is 5.80. The molecule has 0 bridgehead atoms. The minimum absolute atomic E-state index is 0.0287. The topological polar surface area (TPSA) is 149 Å². The molecular formula is C7H10N4O4. The number of carboxylic acid groups (broad SMARTS) is 2. The molecule has 0 heterocycles. The normalized spacial score (nSPS) is 30.1. The van der Waals surface area contributed by atoms with Gasteiger partial charge in [-0.15, -0.1) is 0 Å². The van der Waals surface area contributed by atoms with Gasteiger partial charge in [-0.25, -0.2) is 0 Å². The van der Waals surface area contributed by atoms with Gasteiger partial charge in [0.05, 0.1) is 5.92 Å². The highest BCUT2D eigenvalue weighted by Gasteiger charge is 2.58. The van der Waals surface area contributed by atoms with Crippen molar-refractivity contribution >= 4 is 11.9 Å². The summed E-state index contributed by atoms with van der Waals surface area (Å²) in [4.78, 5) is 23.7. The van der Waals surface area contributed by atoms with Crippen molar-refractivity contribution in [2.24, 2.45) is 28.6 Å². The summed E-state index contributed by atoms with van der Waals surface area (Å²) in [6.07, 6.45) is 0. The van der Waals surface area contributed by atoms with E-state index in [0.717, 1.165) is 0 Å². The van der Waals surface area contributed by atoms with Crippen LogP contribution in [0.1, 0.15) is 0 Å². The van der Waals surface area contributed by atoms with Crippen LogP contribution >= 0.6 is 0 Å². The number of nitrogens with zero attached hydrogens (tertiary/aromatic N) is 3. The zero-order valence-electron chi connectivity index (χ0n) is 7.65. The zero-order valence-corrected chi connectivity index (χ0v) is 7.65. The van der Waals surface area contributed by atoms with Gasteiger partial charge in [0.1, 0.15) is 6.04 Å². The first kappa shape index (κ1) is 11.3. The van der Waals surface area contributed by atoms with Crippen LogP contribution in [0.5, 0.6) is 0 Å². The lowest BCUT2D eigenvalue weighted by Gasteiger charge is -2.03. The Kier molecular flexibility index (Phi) is 3.13. The van der Waals surface area contributed by atoms with Crippen molar-refractivity contribution in [2.45, 2.75) is 6.04 Å². The summed E-state index contributed by atoms with van der Waals surface area (Å²) in [5, 5.41) is 20.6. The largest absolute Gasteiger partial charge is 0.481 e. The molecule has 0 spiro atoms. The van der Waals surface area contributed by atoms with E-state index < -0.39 is 35.7 Å². The van der Waals surface area contributed by atoms with Gasteiger partial charge in [0.25, 0.3) is 0 Å². The SMILES string of the molecule is [N-]=[N+]=NC[C@H]1[C@H](C(=O)O)[C@H]1[C@H](N)C(=O)O. The number of carbonyl (C=O) groups is 2. The van der Waals surface area contributed by atoms with Crippen LogP contribution in [0, 0.1) is 17.8 Å². The van der Waals surface area contributed by atoms with Gasteiger partial charge >= 0.3 is 11.9 Å². The Labute approximate surface area is 84.3 Å². The molecule has 0 aromatic rings. The van der Waals surface area contributed by atoms with Crippen LogP contribution in [0.25, 0.3) is 10.4 Å². The van der Waals surface area contributed by atoms with Crippen LogP contribution in [-0.4, -0.2) is 34.7 Å². The van der Waals surface area contributed by atoms with E-state index in [-0.39, 0.29) is 6.54 Å². The monoisotopic (exact) mass is 214 g/mol. The van der Waals surface area contributed by atoms with Gasteiger partial charge in [-0.1, -0.05) is 5.11 Å². The molecule has 1 rings (SSSR count). The Hall–Kier alpha value is -1.79. The van der Waals surface area contributed by atoms with Gasteiger partial charge < -0.3 is 15.9 Å². The van der Waals surface area contributed by atoms with E-state index in [1.54, 1.807) is 0 Å². The van der Waals surface area contributed by atoms with Crippen molar-refractivity contribution in [3.8, 4) is 0 Å². The predicted molar refractivity (Wildman–Crippen MR) is 47.7 cm³/mol. The summed E-state index contributed by atoms with van der Waals surface area (Å²) in [7, 11) is 0. The van der Waals surface area contributed by atoms with Crippen LogP contribution in [0.4, 0.5) is 0 Å². The van der Waals surface area contributed by atoms with Gasteiger partial charge in [0.2, 0.25) is 0 Å². The first-order valence-electron chi connectivity index (χ1n) is 4.22. The first-order chi connectivity index (χ1) is 7.00. The second-order valence-corrected chi connectivity index (χ2v) is 3.38. The second kappa shape index (κ2) is 4.16. The number of aliphatic carboxylic acids is 2. The van der Waals surface area contributed by atoms with E-state index in [9.17, 15) is 9.59 Å². The van der Waals surface area contributed by atoms with E-state index in [1.165, 1.54) is 0 Å². The van der Waals surface area contributed by atoms with Crippen LogP contribution in [0.2, 0.25) is 0 Å². The molecule has 82 valence electrons. The maximum atomic E-state index is 10.7. The molecule has 1 fully saturated rings. The number of hydrogen-bond donors (Lipinski definition) is 3. The highest BCUT2D eigenvalue weighted by atomic mass is 16.4. The van der Waals surface area contributed by atoms with Crippen LogP contribution in [-0.2, 0) is 9.59 Å². The molecule has 4 atom stereocenters. The average molecular weight is 214 g/mol. The second-order valence-electron chi connectivity index (χ2n) is 3.38. The third kappa shape index (κ3) is 2.17. The first-order valence-corrected chi connectivity index (χ1v) is 4.22. The van der Waals surface area contributed by atoms with Crippen molar-refractivity contribution in [1.29, 1.82) is 0 Å². The lowest BCUT2D eigenvalue weighted by molar-refractivity contribution is -0.140. The van der Waals surface area contributed by atoms with E-state index in [0.29, 0.717) is 0 Å². The third-order valence-corrected chi connectivity index (χ3v) is 2.57. The molecule has 0 amide bonds. The van der Waals surface area contributed by atoms with Crippen LogP contribution in [0.3, 0.4) is 0 Å². The van der Waals surface area contributed by atoms with E-state index in [1.807, 2.05) is 0 Å². The maximum absolute atomic E-state index is 10.7. The fourth-order valence-corrected chi connectivity index (χ4v) is 1.77. The molecule has 0 radical (unpaired) electrons. The van der Waals surface area contributed by atoms with Gasteiger partial charge in [-0.3, -0.25) is 9.59 Å². The molecule has 0 saturated heterocycles. The number of carboxylic acids is 2. The number of nitrogens with two attached hydrogens (primary N) is 1. The molecule has 1 saturated carbocycles. The smallest absolute Gasteiger partial charge is 0.320 e. The van der Waals surface area contributed by atoms with Crippen molar-refractivity contribution in [2.75, 3.05) is 6.54 Å². The molecule has 0 aliphatic heterocycles. The quantitative estimate of drug-likeness (QED) is 0.325. The Morgan fingerprint density at radius 2 is 2.13 bits per heavy atom. The fourth-order valence-electron chi connectivity index (χ4n) is 1.77. The number of hydrogen-bond acceptors (Lipinski definition) is 4. The summed E-state index contributed by atoms with van der Waals surface area (Å²) in [6.45, 7) is -0.0287. The molecule has 0 aromatic heterocycles. The lowest BCUT2D eigenvalue weighted by Crippen LogP contribution is -2.34. The summed E-state index contributed by atoms with van der Waals surface area (Å²) in [6, 6.07) is -1.22. The molecule has 8 nitrogen and oxygen atoms in total. The molecule has 4 N–H and O–H groups in total. The molecular weight excluding hydrogens is 204 g/mol. The fraction of sp³-hybridized carbons (Fsp3) is 0.714. The van der Waals surface area contributed by atoms with Gasteiger partial charge in [0.15, 0.2) is 0 Å². The van der Waals surface area contributed by atoms with Gasteiger partial charge in [-0.05, 0) is 11.4 Å². The van der Waals surface area contributed by atoms with Crippen molar-refractivity contribution in [3.05, 3.63) is 10.4 Å². The van der Waals surface area contributed by atoms with E-state index in [2.05, 4.69) is 10.0 Å². The summed E-state index contributed by atoms with van der Waals surface area (Å²) >= 11 is 0. The minimum Gasteiger partial charge on any atom is -0.481 e. The Morgan fingerprint density at radius 3 is 2.53 bits per heavy atom. The molecule has 15 heavy (non-hydrogen) atoms. The minimum atomic E-state index is -1.24. The van der Waals surface area contributed by atoms with Gasteiger partial charge in [0, 0.05) is 17.4 Å². The Bertz CT molecular complexity index is 338. The average Bonchev–Trinajstić information content (AvgIpc) is 2.87. The Morgan fingerprint density at radius 1 is 1.53 bits per heavy atom. The molecule has 8 heteroatoms. The van der Waals surface area contributed by atoms with Gasteiger partial charge in [-0.2, -0.15) is 0 Å². The van der Waals surface area contributed by atoms with Crippen molar-refractivity contribution in [1.82, 2.24) is 0 Å². The van der Waals surface area contributed by atoms with E-state index >= 15 is 0 Å². The lowest BCUT2D eigenvalue weighted by atomic mass is 10.1. The molecule has 0 aromatic carbocycles. The van der Waals surface area contributed by atoms with Crippen molar-refractivity contribution < 1.29 is 19.8 Å². The standard InChI is InChI=1S/C7H10N4O4/c8-5(7(14)15)3-2(1-10-11-9)4(3)6(12)13/h2-5H,1,8H2,(H,12,13)(H,14,15)/t2-,3+,4+,5+/m1/s1. The third-order valence-electron chi connectivity index (χ3n) is 2.57. The number of azide groups is 1. The summed E-state index contributed by atoms with van der Waals surface area (Å²) in [5.41, 5.74) is 13.4. The van der Waals surface area contributed by atoms with E-state index in [4.69, 9.17) is 21.5 Å². The van der Waals surface area contributed by atoms with Crippen LogP contribution in [0.15, 0.2) is 5.11 Å². The molecule has 0 unspecified atom stereocenters. The Balaban J connectivity index is 2.68. The number of rotatable bonds is 5. The predicted octanol–water partition coefficient (Wildman–Crippen LogP) is -0.345. The zero-order chi connectivity index (χ0) is 11.6. The summed E-state index contributed by atoms with van der Waals surface area (Å²) < 4.78 is 0. The van der Waals surface area contributed by atoms with Crippen LogP contribution < -0.4 is 5.73 Å². The molecule has 1 aliphatic carbocycles. The summed E-state index contributed by atoms with van der Waals surface area (Å²) in [5.74, 6) is -4.28. The maximum Gasteiger partial charge on any atom is 0.320 e. The highest BCUT2D eigenvalue weighted by Crippen LogP contribution is 2.48. The van der Waals surface area contributed by atoms with Crippen molar-refractivity contribution in [3.63, 3.8) is 0 Å².